The van der Waals surface area contributed by atoms with Crippen molar-refractivity contribution in [3.63, 3.8) is 0 Å². The number of sulfone groups is 1. The Labute approximate surface area is 191 Å². The fraction of sp³-hybridized carbons (Fsp3) is 0.300. The van der Waals surface area contributed by atoms with Crippen LogP contribution in [-0.2, 0) is 29.4 Å². The van der Waals surface area contributed by atoms with Crippen LogP contribution in [-0.4, -0.2) is 52.0 Å². The summed E-state index contributed by atoms with van der Waals surface area (Å²) in [6, 6.07) is 12.1. The van der Waals surface area contributed by atoms with Crippen molar-refractivity contribution in [1.29, 1.82) is 0 Å². The lowest BCUT2D eigenvalue weighted by atomic mass is 10.3. The highest BCUT2D eigenvalue weighted by Gasteiger charge is 2.31. The van der Waals surface area contributed by atoms with Gasteiger partial charge in [0.1, 0.15) is 0 Å². The maximum atomic E-state index is 12.5. The second kappa shape index (κ2) is 10.0. The number of hydrogen-bond donors (Lipinski definition) is 3. The van der Waals surface area contributed by atoms with Crippen LogP contribution in [0.5, 0.6) is 0 Å². The van der Waals surface area contributed by atoms with Gasteiger partial charge in [-0.1, -0.05) is 0 Å². The fourth-order valence-corrected chi connectivity index (χ4v) is 6.82. The third-order valence-electron chi connectivity index (χ3n) is 4.55. The predicted octanol–water partition coefficient (Wildman–Crippen LogP) is 1.84. The molecule has 0 bridgehead atoms. The summed E-state index contributed by atoms with van der Waals surface area (Å²) in [4.78, 5) is 24.1. The Morgan fingerprint density at radius 2 is 1.59 bits per heavy atom. The molecule has 172 valence electrons. The summed E-state index contributed by atoms with van der Waals surface area (Å²) in [5.74, 6) is -0.495. The quantitative estimate of drug-likeness (QED) is 0.473. The molecule has 0 aromatic heterocycles. The molecule has 1 fully saturated rings. The van der Waals surface area contributed by atoms with Crippen LogP contribution < -0.4 is 15.4 Å². The molecule has 1 atom stereocenters. The van der Waals surface area contributed by atoms with E-state index in [0.717, 1.165) is 4.90 Å². The molecule has 0 aliphatic carbocycles. The highest BCUT2D eigenvalue weighted by molar-refractivity contribution is 8.00. The highest BCUT2D eigenvalue weighted by atomic mass is 32.2. The van der Waals surface area contributed by atoms with E-state index in [1.54, 1.807) is 24.3 Å². The van der Waals surface area contributed by atoms with Gasteiger partial charge in [-0.15, -0.1) is 11.8 Å². The minimum Gasteiger partial charge on any atom is -0.326 e. The number of sulfonamides is 1. The Kier molecular flexibility index (Phi) is 7.59. The van der Waals surface area contributed by atoms with E-state index in [1.807, 2.05) is 0 Å². The lowest BCUT2D eigenvalue weighted by Gasteiger charge is -2.12. The van der Waals surface area contributed by atoms with Gasteiger partial charge in [0.25, 0.3) is 0 Å². The molecule has 1 unspecified atom stereocenters. The molecule has 1 saturated heterocycles. The van der Waals surface area contributed by atoms with Crippen LogP contribution in [0.4, 0.5) is 11.4 Å². The molecule has 1 aliphatic heterocycles. The van der Waals surface area contributed by atoms with Gasteiger partial charge in [-0.2, -0.15) is 0 Å². The summed E-state index contributed by atoms with van der Waals surface area (Å²) in [5, 5.41) is 5.37. The van der Waals surface area contributed by atoms with Gasteiger partial charge in [0.2, 0.25) is 21.8 Å². The Hall–Kier alpha value is -2.41. The van der Waals surface area contributed by atoms with Crippen LogP contribution in [0.15, 0.2) is 58.3 Å². The van der Waals surface area contributed by atoms with E-state index in [1.165, 1.54) is 43.0 Å². The Morgan fingerprint density at radius 3 is 2.16 bits per heavy atom. The fourth-order valence-electron chi connectivity index (χ4n) is 3.08. The smallest absolute Gasteiger partial charge is 0.240 e. The molecule has 12 heteroatoms. The molecule has 1 heterocycles. The average Bonchev–Trinajstić information content (AvgIpc) is 3.05. The van der Waals surface area contributed by atoms with Crippen LogP contribution in [0.1, 0.15) is 13.3 Å². The van der Waals surface area contributed by atoms with Crippen LogP contribution in [0, 0.1) is 0 Å². The number of carbonyl (C=O) groups excluding carboxylic acids is 2. The normalized spacial score (nSPS) is 17.6. The van der Waals surface area contributed by atoms with E-state index in [-0.39, 0.29) is 40.4 Å². The zero-order valence-corrected chi connectivity index (χ0v) is 19.6. The second-order valence-corrected chi connectivity index (χ2v) is 12.3. The summed E-state index contributed by atoms with van der Waals surface area (Å²) in [7, 11) is -7.05. The van der Waals surface area contributed by atoms with Crippen LogP contribution >= 0.6 is 11.8 Å². The van der Waals surface area contributed by atoms with E-state index in [9.17, 15) is 26.4 Å². The molecule has 9 nitrogen and oxygen atoms in total. The molecular weight excluding hydrogens is 474 g/mol. The summed E-state index contributed by atoms with van der Waals surface area (Å²) in [6.07, 6.45) is 0.253. The number of rotatable bonds is 8. The molecule has 3 N–H and O–H groups in total. The van der Waals surface area contributed by atoms with E-state index in [4.69, 9.17) is 0 Å². The van der Waals surface area contributed by atoms with Gasteiger partial charge in [0.05, 0.1) is 22.2 Å². The van der Waals surface area contributed by atoms with Gasteiger partial charge >= 0.3 is 0 Å². The number of benzene rings is 2. The molecule has 3 rings (SSSR count). The van der Waals surface area contributed by atoms with Crippen molar-refractivity contribution in [2.75, 3.05) is 27.9 Å². The molecule has 1 aliphatic rings. The third-order valence-corrected chi connectivity index (χ3v) is 8.86. The predicted molar refractivity (Wildman–Crippen MR) is 124 cm³/mol. The number of carbonyl (C=O) groups is 2. The molecule has 0 radical (unpaired) electrons. The Morgan fingerprint density at radius 1 is 1.00 bits per heavy atom. The van der Waals surface area contributed by atoms with Crippen molar-refractivity contribution in [2.24, 2.45) is 0 Å². The maximum absolute atomic E-state index is 12.5. The first-order valence-corrected chi connectivity index (χ1v) is 13.9. The second-order valence-electron chi connectivity index (χ2n) is 7.29. The molecule has 32 heavy (non-hydrogen) atoms. The van der Waals surface area contributed by atoms with E-state index >= 15 is 0 Å². The van der Waals surface area contributed by atoms with Gasteiger partial charge in [0.15, 0.2) is 9.84 Å². The molecule has 2 aromatic carbocycles. The van der Waals surface area contributed by atoms with E-state index < -0.39 is 25.9 Å². The zero-order chi connectivity index (χ0) is 23.4. The summed E-state index contributed by atoms with van der Waals surface area (Å²) in [6.45, 7) is 1.42. The lowest BCUT2D eigenvalue weighted by Crippen LogP contribution is -2.35. The standard InChI is InChI=1S/C20H23N3O6S3/c1-14(24)21-15-2-6-18(7-3-15)30-12-20(25)22-16-4-8-19(9-5-16)32(28,29)23-17-10-11-31(26,27)13-17/h2-9,17,23H,10-13H2,1H3,(H,21,24)(H,22,25). The van der Waals surface area contributed by atoms with Crippen molar-refractivity contribution in [3.05, 3.63) is 48.5 Å². The SMILES string of the molecule is CC(=O)Nc1ccc(SCC(=O)Nc2ccc(S(=O)(=O)NC3CCS(=O)(=O)C3)cc2)cc1. The van der Waals surface area contributed by atoms with Crippen LogP contribution in [0.25, 0.3) is 0 Å². The maximum Gasteiger partial charge on any atom is 0.240 e. The first-order chi connectivity index (χ1) is 15.0. The molecule has 0 spiro atoms. The Bertz CT molecular complexity index is 1190. The van der Waals surface area contributed by atoms with Gasteiger partial charge < -0.3 is 10.6 Å². The van der Waals surface area contributed by atoms with Gasteiger partial charge in [-0.05, 0) is 55.0 Å². The summed E-state index contributed by atoms with van der Waals surface area (Å²) in [5.41, 5.74) is 1.12. The Balaban J connectivity index is 1.51. The molecular formula is C20H23N3O6S3. The number of thioether (sulfide) groups is 1. The van der Waals surface area contributed by atoms with Crippen molar-refractivity contribution < 1.29 is 26.4 Å². The first-order valence-electron chi connectivity index (χ1n) is 9.65. The summed E-state index contributed by atoms with van der Waals surface area (Å²) < 4.78 is 50.4. The van der Waals surface area contributed by atoms with Crippen molar-refractivity contribution in [2.45, 2.75) is 29.2 Å². The average molecular weight is 498 g/mol. The minimum absolute atomic E-state index is 0.00608. The van der Waals surface area contributed by atoms with Gasteiger partial charge in [-0.25, -0.2) is 21.6 Å². The molecule has 2 aromatic rings. The van der Waals surface area contributed by atoms with Gasteiger partial charge in [0, 0.05) is 29.2 Å². The highest BCUT2D eigenvalue weighted by Crippen LogP contribution is 2.21. The van der Waals surface area contributed by atoms with Crippen molar-refractivity contribution in [1.82, 2.24) is 4.72 Å². The molecule has 2 amide bonds. The number of amides is 2. The van der Waals surface area contributed by atoms with Crippen molar-refractivity contribution >= 4 is 54.8 Å². The summed E-state index contributed by atoms with van der Waals surface area (Å²) >= 11 is 1.32. The zero-order valence-electron chi connectivity index (χ0n) is 17.2. The number of hydrogen-bond acceptors (Lipinski definition) is 7. The van der Waals surface area contributed by atoms with Crippen LogP contribution in [0.2, 0.25) is 0 Å². The molecule has 0 saturated carbocycles. The number of nitrogens with one attached hydrogen (secondary N) is 3. The largest absolute Gasteiger partial charge is 0.326 e. The number of anilines is 2. The monoisotopic (exact) mass is 497 g/mol. The third kappa shape index (κ3) is 7.05. The lowest BCUT2D eigenvalue weighted by molar-refractivity contribution is -0.114. The van der Waals surface area contributed by atoms with E-state index in [0.29, 0.717) is 11.4 Å². The van der Waals surface area contributed by atoms with Crippen molar-refractivity contribution in [3.8, 4) is 0 Å². The van der Waals surface area contributed by atoms with Crippen LogP contribution in [0.3, 0.4) is 0 Å². The van der Waals surface area contributed by atoms with Gasteiger partial charge in [-0.3, -0.25) is 9.59 Å². The topological polar surface area (TPSA) is 139 Å². The van der Waals surface area contributed by atoms with E-state index in [2.05, 4.69) is 15.4 Å². The minimum atomic E-state index is -3.85. The first kappa shape index (κ1) is 24.2.